The molecule has 0 bridgehead atoms. The van der Waals surface area contributed by atoms with Crippen molar-refractivity contribution in [3.63, 3.8) is 0 Å². The van der Waals surface area contributed by atoms with Crippen LogP contribution in [0.15, 0.2) is 24.3 Å². The largest absolute Gasteiger partial charge is 0.476 e. The number of ether oxygens (including phenoxy) is 2. The van der Waals surface area contributed by atoms with Crippen molar-refractivity contribution < 1.29 is 23.9 Å². The van der Waals surface area contributed by atoms with E-state index in [2.05, 4.69) is 0 Å². The molecular weight excluding hydrogens is 336 g/mol. The van der Waals surface area contributed by atoms with Gasteiger partial charge in [0.05, 0.1) is 0 Å². The summed E-state index contributed by atoms with van der Waals surface area (Å²) in [5.74, 6) is -1.48. The van der Waals surface area contributed by atoms with Crippen LogP contribution in [0.5, 0.6) is 5.75 Å². The van der Waals surface area contributed by atoms with Crippen molar-refractivity contribution in [1.82, 2.24) is 5.32 Å². The molecule has 0 aliphatic carbocycles. The summed E-state index contributed by atoms with van der Waals surface area (Å²) in [6, 6.07) is 5.44. The molecular formula is C16H21ClN2O5. The Labute approximate surface area is 145 Å². The van der Waals surface area contributed by atoms with Crippen LogP contribution in [-0.4, -0.2) is 29.6 Å². The number of primary amides is 1. The molecule has 8 heteroatoms. The van der Waals surface area contributed by atoms with Gasteiger partial charge in [-0.1, -0.05) is 25.4 Å². The van der Waals surface area contributed by atoms with Gasteiger partial charge < -0.3 is 15.2 Å². The lowest BCUT2D eigenvalue weighted by molar-refractivity contribution is -0.171. The molecule has 0 aromatic heterocycles. The van der Waals surface area contributed by atoms with Crippen molar-refractivity contribution in [1.29, 1.82) is 0 Å². The van der Waals surface area contributed by atoms with Gasteiger partial charge in [-0.15, -0.1) is 0 Å². The third-order valence-electron chi connectivity index (χ3n) is 3.02. The molecule has 0 spiro atoms. The summed E-state index contributed by atoms with van der Waals surface area (Å²) in [4.78, 5) is 35.1. The van der Waals surface area contributed by atoms with Gasteiger partial charge in [-0.25, -0.2) is 9.59 Å². The minimum Gasteiger partial charge on any atom is -0.476 e. The van der Waals surface area contributed by atoms with Gasteiger partial charge in [0, 0.05) is 5.02 Å². The van der Waals surface area contributed by atoms with Gasteiger partial charge in [0.2, 0.25) is 0 Å². The number of rotatable bonds is 6. The maximum absolute atomic E-state index is 12.4. The highest BCUT2D eigenvalue weighted by molar-refractivity contribution is 6.30. The van der Waals surface area contributed by atoms with Crippen molar-refractivity contribution in [3.05, 3.63) is 29.3 Å². The number of imide groups is 1. The first-order valence-corrected chi connectivity index (χ1v) is 7.66. The molecule has 3 N–H and O–H groups in total. The van der Waals surface area contributed by atoms with Crippen LogP contribution >= 0.6 is 11.6 Å². The Morgan fingerprint density at radius 1 is 1.17 bits per heavy atom. The zero-order valence-electron chi connectivity index (χ0n) is 14.0. The summed E-state index contributed by atoms with van der Waals surface area (Å²) < 4.78 is 10.8. The van der Waals surface area contributed by atoms with Gasteiger partial charge in [0.15, 0.2) is 11.7 Å². The lowest BCUT2D eigenvalue weighted by atomic mass is 10.1. The van der Waals surface area contributed by atoms with Crippen molar-refractivity contribution in [3.8, 4) is 5.75 Å². The van der Waals surface area contributed by atoms with Gasteiger partial charge in [-0.2, -0.15) is 0 Å². The van der Waals surface area contributed by atoms with E-state index < -0.39 is 29.6 Å². The maximum atomic E-state index is 12.4. The first kappa shape index (κ1) is 19.8. The fourth-order valence-corrected chi connectivity index (χ4v) is 1.91. The molecule has 1 aromatic carbocycles. The minimum absolute atomic E-state index is 0.361. The Bertz CT molecular complexity index is 613. The number of carbonyl (C=O) groups is 3. The molecule has 1 aromatic rings. The number of benzene rings is 1. The van der Waals surface area contributed by atoms with E-state index in [0.717, 1.165) is 0 Å². The Morgan fingerprint density at radius 3 is 2.17 bits per heavy atom. The number of nitrogens with two attached hydrogens (primary N) is 1. The van der Waals surface area contributed by atoms with E-state index in [1.807, 2.05) is 5.32 Å². The van der Waals surface area contributed by atoms with E-state index in [1.54, 1.807) is 38.1 Å². The zero-order valence-corrected chi connectivity index (χ0v) is 14.7. The molecule has 132 valence electrons. The van der Waals surface area contributed by atoms with Crippen LogP contribution in [0.4, 0.5) is 4.79 Å². The van der Waals surface area contributed by atoms with E-state index in [-0.39, 0.29) is 5.92 Å². The average Bonchev–Trinajstić information content (AvgIpc) is 2.45. The number of urea groups is 1. The number of hydrogen-bond donors (Lipinski definition) is 2. The predicted octanol–water partition coefficient (Wildman–Crippen LogP) is 2.26. The fourth-order valence-electron chi connectivity index (χ4n) is 1.78. The first-order valence-electron chi connectivity index (χ1n) is 7.29. The van der Waals surface area contributed by atoms with Crippen LogP contribution < -0.4 is 15.8 Å². The van der Waals surface area contributed by atoms with Crippen LogP contribution in [0.2, 0.25) is 5.02 Å². The maximum Gasteiger partial charge on any atom is 0.350 e. The molecule has 0 radical (unpaired) electrons. The van der Waals surface area contributed by atoms with E-state index in [9.17, 15) is 14.4 Å². The van der Waals surface area contributed by atoms with Crippen LogP contribution in [0.25, 0.3) is 0 Å². The van der Waals surface area contributed by atoms with Crippen LogP contribution in [0, 0.1) is 5.92 Å². The number of esters is 1. The second-order valence-corrected chi connectivity index (χ2v) is 6.43. The third-order valence-corrected chi connectivity index (χ3v) is 3.27. The zero-order chi connectivity index (χ0) is 18.5. The van der Waals surface area contributed by atoms with Gasteiger partial charge in [0.1, 0.15) is 5.75 Å². The molecule has 0 aliphatic rings. The summed E-state index contributed by atoms with van der Waals surface area (Å²) in [5.41, 5.74) is 3.56. The van der Waals surface area contributed by atoms with E-state index in [1.165, 1.54) is 13.8 Å². The van der Waals surface area contributed by atoms with Crippen molar-refractivity contribution >= 4 is 29.5 Å². The molecule has 0 saturated heterocycles. The molecule has 7 nitrogen and oxygen atoms in total. The first-order chi connectivity index (χ1) is 11.0. The van der Waals surface area contributed by atoms with Crippen molar-refractivity contribution in [2.75, 3.05) is 0 Å². The number of amides is 3. The van der Waals surface area contributed by atoms with Gasteiger partial charge in [-0.05, 0) is 44.0 Å². The fraction of sp³-hybridized carbons (Fsp3) is 0.438. The molecule has 0 saturated carbocycles. The second kappa shape index (κ2) is 8.01. The molecule has 3 amide bonds. The molecule has 1 atom stereocenters. The summed E-state index contributed by atoms with van der Waals surface area (Å²) in [7, 11) is 0. The summed E-state index contributed by atoms with van der Waals surface area (Å²) in [6.07, 6.45) is -1.17. The highest BCUT2D eigenvalue weighted by Gasteiger charge is 2.37. The SMILES string of the molecule is CC(C)[C@@H](OC(=O)C(C)(C)Oc1ccc(Cl)cc1)C(=O)NC(N)=O. The number of hydrogen-bond acceptors (Lipinski definition) is 5. The van der Waals surface area contributed by atoms with Crippen LogP contribution in [0.1, 0.15) is 27.7 Å². The van der Waals surface area contributed by atoms with Gasteiger partial charge >= 0.3 is 12.0 Å². The minimum atomic E-state index is -1.35. The van der Waals surface area contributed by atoms with Crippen LogP contribution in [0.3, 0.4) is 0 Å². The predicted molar refractivity (Wildman–Crippen MR) is 88.6 cm³/mol. The lowest BCUT2D eigenvalue weighted by Gasteiger charge is -2.28. The Morgan fingerprint density at radius 2 is 1.71 bits per heavy atom. The van der Waals surface area contributed by atoms with E-state index >= 15 is 0 Å². The molecule has 0 heterocycles. The number of carbonyl (C=O) groups excluding carboxylic acids is 3. The Hall–Kier alpha value is -2.28. The van der Waals surface area contributed by atoms with Crippen LogP contribution in [-0.2, 0) is 14.3 Å². The standard InChI is InChI=1S/C16H21ClN2O5/c1-9(2)12(13(20)19-15(18)22)23-14(21)16(3,4)24-11-7-5-10(17)6-8-11/h5-9,12H,1-4H3,(H3,18,19,20,22)/t12-/m1/s1. The Balaban J connectivity index is 2.82. The van der Waals surface area contributed by atoms with Gasteiger partial charge in [0.25, 0.3) is 5.91 Å². The van der Waals surface area contributed by atoms with Crippen molar-refractivity contribution in [2.45, 2.75) is 39.4 Å². The Kier molecular flexibility index (Phi) is 6.60. The monoisotopic (exact) mass is 356 g/mol. The molecule has 1 rings (SSSR count). The van der Waals surface area contributed by atoms with Gasteiger partial charge in [-0.3, -0.25) is 10.1 Å². The second-order valence-electron chi connectivity index (χ2n) is 5.99. The quantitative estimate of drug-likeness (QED) is 0.760. The number of nitrogens with one attached hydrogen (secondary N) is 1. The normalized spacial score (nSPS) is 12.4. The average molecular weight is 357 g/mol. The third kappa shape index (κ3) is 5.73. The van der Waals surface area contributed by atoms with E-state index in [0.29, 0.717) is 10.8 Å². The topological polar surface area (TPSA) is 108 Å². The molecule has 24 heavy (non-hydrogen) atoms. The lowest BCUT2D eigenvalue weighted by Crippen LogP contribution is -2.49. The number of halogens is 1. The smallest absolute Gasteiger partial charge is 0.350 e. The molecule has 0 aliphatic heterocycles. The summed E-state index contributed by atoms with van der Waals surface area (Å²) >= 11 is 5.80. The summed E-state index contributed by atoms with van der Waals surface area (Å²) in [6.45, 7) is 6.36. The van der Waals surface area contributed by atoms with Crippen molar-refractivity contribution in [2.24, 2.45) is 11.7 Å². The molecule has 0 unspecified atom stereocenters. The highest BCUT2D eigenvalue weighted by atomic mass is 35.5. The van der Waals surface area contributed by atoms with E-state index in [4.69, 9.17) is 26.8 Å². The highest BCUT2D eigenvalue weighted by Crippen LogP contribution is 2.23. The summed E-state index contributed by atoms with van der Waals surface area (Å²) in [5, 5.41) is 2.44. The molecule has 0 fully saturated rings.